The van der Waals surface area contributed by atoms with Crippen molar-refractivity contribution >= 4 is 28.4 Å². The predicted molar refractivity (Wildman–Crippen MR) is 70.3 cm³/mol. The van der Waals surface area contributed by atoms with Gasteiger partial charge in [0.25, 0.3) is 0 Å². The van der Waals surface area contributed by atoms with Crippen molar-refractivity contribution in [1.82, 2.24) is 9.69 Å². The molecule has 98 valence electrons. The number of likely N-dealkylation sites (N-methyl/N-ethyl adjacent to an activating group) is 1. The van der Waals surface area contributed by atoms with Gasteiger partial charge in [0.05, 0.1) is 12.2 Å². The van der Waals surface area contributed by atoms with Crippen molar-refractivity contribution in [2.24, 2.45) is 0 Å². The van der Waals surface area contributed by atoms with Gasteiger partial charge in [-0.1, -0.05) is 6.08 Å². The topological polar surface area (TPSA) is 82.5 Å². The van der Waals surface area contributed by atoms with E-state index in [1.54, 1.807) is 13.0 Å². The van der Waals surface area contributed by atoms with Crippen LogP contribution in [0.2, 0.25) is 0 Å². The van der Waals surface area contributed by atoms with Crippen molar-refractivity contribution in [3.8, 4) is 0 Å². The van der Waals surface area contributed by atoms with Crippen molar-refractivity contribution in [3.63, 3.8) is 0 Å². The lowest BCUT2D eigenvalue weighted by atomic mass is 10.2. The first-order valence-electron chi connectivity index (χ1n) is 5.26. The summed E-state index contributed by atoms with van der Waals surface area (Å²) in [6, 6.07) is 0. The second kappa shape index (κ2) is 6.27. The molecule has 1 rings (SSSR count). The third kappa shape index (κ3) is 3.14. The standard InChI is InChI=1S/C11H15N3O3S/c1-4-5-12-6-8(15)14(3)10-9(11(16)17)7(2)13-18-10/h4,12H,1,5-6H2,2-3H3,(H,16,17). The predicted octanol–water partition coefficient (Wildman–Crippen LogP) is 0.888. The summed E-state index contributed by atoms with van der Waals surface area (Å²) >= 11 is 1.01. The van der Waals surface area contributed by atoms with E-state index in [-0.39, 0.29) is 18.0 Å². The molecule has 0 fully saturated rings. The van der Waals surface area contributed by atoms with Gasteiger partial charge in [0.15, 0.2) is 0 Å². The first kappa shape index (κ1) is 14.3. The number of carboxylic acid groups (broad SMARTS) is 1. The summed E-state index contributed by atoms with van der Waals surface area (Å²) in [6.45, 7) is 5.78. The van der Waals surface area contributed by atoms with Crippen molar-refractivity contribution in [2.45, 2.75) is 6.92 Å². The number of hydrogen-bond donors (Lipinski definition) is 2. The van der Waals surface area contributed by atoms with Gasteiger partial charge in [-0.05, 0) is 18.5 Å². The Morgan fingerprint density at radius 2 is 2.28 bits per heavy atom. The minimum absolute atomic E-state index is 0.0829. The van der Waals surface area contributed by atoms with Crippen LogP contribution in [-0.4, -0.2) is 41.5 Å². The van der Waals surface area contributed by atoms with Gasteiger partial charge in [0.2, 0.25) is 5.91 Å². The Labute approximate surface area is 109 Å². The van der Waals surface area contributed by atoms with Gasteiger partial charge in [0, 0.05) is 13.6 Å². The average molecular weight is 269 g/mol. The molecule has 0 aliphatic carbocycles. The number of carboxylic acids is 1. The Morgan fingerprint density at radius 3 is 2.83 bits per heavy atom. The molecular formula is C11H15N3O3S. The van der Waals surface area contributed by atoms with Crippen LogP contribution in [0.3, 0.4) is 0 Å². The second-order valence-corrected chi connectivity index (χ2v) is 4.38. The van der Waals surface area contributed by atoms with Crippen LogP contribution in [0.5, 0.6) is 0 Å². The van der Waals surface area contributed by atoms with Crippen LogP contribution >= 0.6 is 11.5 Å². The smallest absolute Gasteiger partial charge is 0.340 e. The van der Waals surface area contributed by atoms with E-state index in [0.717, 1.165) is 11.5 Å². The van der Waals surface area contributed by atoms with E-state index in [4.69, 9.17) is 5.11 Å². The number of nitrogens with one attached hydrogen (secondary N) is 1. The Balaban J connectivity index is 2.83. The Hall–Kier alpha value is -1.73. The minimum Gasteiger partial charge on any atom is -0.478 e. The van der Waals surface area contributed by atoms with Crippen molar-refractivity contribution in [2.75, 3.05) is 25.0 Å². The summed E-state index contributed by atoms with van der Waals surface area (Å²) in [4.78, 5) is 24.2. The number of anilines is 1. The van der Waals surface area contributed by atoms with Gasteiger partial charge in [-0.25, -0.2) is 4.79 Å². The lowest BCUT2D eigenvalue weighted by Crippen LogP contribution is -2.35. The maximum absolute atomic E-state index is 11.8. The number of aryl methyl sites for hydroxylation is 1. The van der Waals surface area contributed by atoms with E-state index in [9.17, 15) is 9.59 Å². The Bertz CT molecular complexity index is 470. The number of carbonyl (C=O) groups excluding carboxylic acids is 1. The van der Waals surface area contributed by atoms with Gasteiger partial charge in [-0.3, -0.25) is 4.79 Å². The monoisotopic (exact) mass is 269 g/mol. The third-order valence-corrected chi connectivity index (χ3v) is 3.32. The fraction of sp³-hybridized carbons (Fsp3) is 0.364. The average Bonchev–Trinajstić information content (AvgIpc) is 2.70. The summed E-state index contributed by atoms with van der Waals surface area (Å²) < 4.78 is 3.97. The molecule has 0 bridgehead atoms. The maximum Gasteiger partial charge on any atom is 0.340 e. The quantitative estimate of drug-likeness (QED) is 0.592. The van der Waals surface area contributed by atoms with E-state index in [1.165, 1.54) is 11.9 Å². The van der Waals surface area contributed by atoms with Gasteiger partial charge in [0.1, 0.15) is 10.6 Å². The molecule has 6 nitrogen and oxygen atoms in total. The number of hydrogen-bond acceptors (Lipinski definition) is 5. The highest BCUT2D eigenvalue weighted by Crippen LogP contribution is 2.27. The summed E-state index contributed by atoms with van der Waals surface area (Å²) in [5, 5.41) is 12.3. The summed E-state index contributed by atoms with van der Waals surface area (Å²) in [6.07, 6.45) is 1.65. The van der Waals surface area contributed by atoms with Crippen LogP contribution < -0.4 is 10.2 Å². The third-order valence-electron chi connectivity index (χ3n) is 2.30. The van der Waals surface area contributed by atoms with Crippen LogP contribution in [0, 0.1) is 6.92 Å². The molecule has 0 unspecified atom stereocenters. The molecule has 1 amide bonds. The van der Waals surface area contributed by atoms with Crippen LogP contribution in [0.1, 0.15) is 16.1 Å². The van der Waals surface area contributed by atoms with Gasteiger partial charge < -0.3 is 15.3 Å². The number of nitrogens with zero attached hydrogens (tertiary/aromatic N) is 2. The number of rotatable bonds is 6. The lowest BCUT2D eigenvalue weighted by molar-refractivity contribution is -0.117. The second-order valence-electron chi connectivity index (χ2n) is 3.63. The molecule has 1 aromatic rings. The fourth-order valence-corrected chi connectivity index (χ4v) is 2.21. The first-order valence-corrected chi connectivity index (χ1v) is 6.04. The van der Waals surface area contributed by atoms with Crippen molar-refractivity contribution in [1.29, 1.82) is 0 Å². The van der Waals surface area contributed by atoms with Gasteiger partial charge in [-0.2, -0.15) is 4.37 Å². The van der Waals surface area contributed by atoms with Crippen LogP contribution in [0.25, 0.3) is 0 Å². The molecule has 7 heteroatoms. The van der Waals surface area contributed by atoms with Crippen LogP contribution in [-0.2, 0) is 4.79 Å². The zero-order valence-electron chi connectivity index (χ0n) is 10.3. The maximum atomic E-state index is 11.8. The summed E-state index contributed by atoms with van der Waals surface area (Å²) in [5.74, 6) is -1.29. The van der Waals surface area contributed by atoms with Crippen molar-refractivity contribution < 1.29 is 14.7 Å². The normalized spacial score (nSPS) is 10.1. The zero-order valence-corrected chi connectivity index (χ0v) is 11.1. The number of aromatic carboxylic acids is 1. The number of amides is 1. The van der Waals surface area contributed by atoms with E-state index < -0.39 is 5.97 Å². The molecule has 1 aromatic heterocycles. The van der Waals surface area contributed by atoms with Crippen LogP contribution in [0.4, 0.5) is 5.00 Å². The van der Waals surface area contributed by atoms with E-state index in [0.29, 0.717) is 17.2 Å². The molecule has 0 spiro atoms. The molecule has 0 atom stereocenters. The lowest BCUT2D eigenvalue weighted by Gasteiger charge is -2.15. The zero-order chi connectivity index (χ0) is 13.7. The number of carbonyl (C=O) groups is 2. The SMILES string of the molecule is C=CCNCC(=O)N(C)c1snc(C)c1C(=O)O. The Kier molecular flexibility index (Phi) is 4.99. The molecule has 0 aliphatic rings. The molecule has 2 N–H and O–H groups in total. The summed E-state index contributed by atoms with van der Waals surface area (Å²) in [5.41, 5.74) is 0.501. The first-order chi connectivity index (χ1) is 8.49. The minimum atomic E-state index is -1.07. The molecular weight excluding hydrogens is 254 g/mol. The molecule has 18 heavy (non-hydrogen) atoms. The fourth-order valence-electron chi connectivity index (χ4n) is 1.35. The highest BCUT2D eigenvalue weighted by atomic mass is 32.1. The van der Waals surface area contributed by atoms with Gasteiger partial charge in [-0.15, -0.1) is 6.58 Å². The summed E-state index contributed by atoms with van der Waals surface area (Å²) in [7, 11) is 1.54. The Morgan fingerprint density at radius 1 is 1.61 bits per heavy atom. The highest BCUT2D eigenvalue weighted by molar-refractivity contribution is 7.11. The highest BCUT2D eigenvalue weighted by Gasteiger charge is 2.23. The largest absolute Gasteiger partial charge is 0.478 e. The van der Waals surface area contributed by atoms with E-state index in [2.05, 4.69) is 16.3 Å². The van der Waals surface area contributed by atoms with E-state index >= 15 is 0 Å². The molecule has 0 aromatic carbocycles. The van der Waals surface area contributed by atoms with Crippen molar-refractivity contribution in [3.05, 3.63) is 23.9 Å². The van der Waals surface area contributed by atoms with Crippen LogP contribution in [0.15, 0.2) is 12.7 Å². The molecule has 0 aliphatic heterocycles. The van der Waals surface area contributed by atoms with E-state index in [1.807, 2.05) is 0 Å². The molecule has 0 radical (unpaired) electrons. The number of aromatic nitrogens is 1. The van der Waals surface area contributed by atoms with Gasteiger partial charge >= 0.3 is 5.97 Å². The molecule has 0 saturated heterocycles. The molecule has 1 heterocycles. The molecule has 0 saturated carbocycles.